The predicted octanol–water partition coefficient (Wildman–Crippen LogP) is 5.27. The van der Waals surface area contributed by atoms with E-state index in [1.54, 1.807) is 53.2 Å². The van der Waals surface area contributed by atoms with Crippen LogP contribution in [0.5, 0.6) is 0 Å². The van der Waals surface area contributed by atoms with Crippen molar-refractivity contribution in [3.05, 3.63) is 126 Å². The molecule has 174 valence electrons. The molecule has 0 saturated heterocycles. The average Bonchev–Trinajstić information content (AvgIpc) is 3.32. The first kappa shape index (κ1) is 23.7. The molecule has 0 aliphatic heterocycles. The highest BCUT2D eigenvalue weighted by Gasteiger charge is 2.17. The minimum absolute atomic E-state index is 0.0866. The van der Waals surface area contributed by atoms with Gasteiger partial charge in [0, 0.05) is 34.5 Å². The molecule has 0 unspecified atom stereocenters. The van der Waals surface area contributed by atoms with Gasteiger partial charge >= 0.3 is 0 Å². The Hall–Kier alpha value is -4.42. The number of carbonyl (C=O) groups is 2. The summed E-state index contributed by atoms with van der Waals surface area (Å²) >= 11 is 6.08. The monoisotopic (exact) mass is 482 g/mol. The van der Waals surface area contributed by atoms with Crippen LogP contribution in [0, 0.1) is 0 Å². The van der Waals surface area contributed by atoms with Crippen molar-refractivity contribution in [1.82, 2.24) is 20.4 Å². The van der Waals surface area contributed by atoms with Crippen LogP contribution in [0.4, 0.5) is 0 Å². The van der Waals surface area contributed by atoms with Gasteiger partial charge in [0.2, 0.25) is 0 Å². The van der Waals surface area contributed by atoms with Crippen LogP contribution >= 0.6 is 11.6 Å². The van der Waals surface area contributed by atoms with Crippen LogP contribution in [-0.4, -0.2) is 28.1 Å². The zero-order chi connectivity index (χ0) is 24.6. The summed E-state index contributed by atoms with van der Waals surface area (Å²) < 4.78 is 1.73. The predicted molar refractivity (Wildman–Crippen MR) is 139 cm³/mol. The molecule has 0 fully saturated rings. The summed E-state index contributed by atoms with van der Waals surface area (Å²) in [6.45, 7) is 3.89. The first-order chi connectivity index (χ1) is 17.0. The van der Waals surface area contributed by atoms with Crippen molar-refractivity contribution < 1.29 is 9.59 Å². The number of para-hydroxylation sites is 1. The van der Waals surface area contributed by atoms with Gasteiger partial charge in [0.1, 0.15) is 11.4 Å². The molecule has 7 heteroatoms. The van der Waals surface area contributed by atoms with E-state index in [1.807, 2.05) is 54.7 Å². The maximum atomic E-state index is 13.0. The largest absolute Gasteiger partial charge is 0.347 e. The maximum absolute atomic E-state index is 13.0. The highest BCUT2D eigenvalue weighted by atomic mass is 35.5. The molecule has 0 bridgehead atoms. The second-order valence-electron chi connectivity index (χ2n) is 7.60. The fraction of sp³-hybridized carbons (Fsp3) is 0.0357. The number of halogens is 1. The smallest absolute Gasteiger partial charge is 0.268 e. The van der Waals surface area contributed by atoms with Crippen LogP contribution in [0.2, 0.25) is 5.02 Å². The Morgan fingerprint density at radius 3 is 2.26 bits per heavy atom. The molecule has 0 saturated carbocycles. The van der Waals surface area contributed by atoms with Gasteiger partial charge in [0.25, 0.3) is 11.8 Å². The van der Waals surface area contributed by atoms with E-state index in [0.717, 1.165) is 11.3 Å². The fourth-order valence-corrected chi connectivity index (χ4v) is 3.52. The number of hydrogen-bond acceptors (Lipinski definition) is 3. The van der Waals surface area contributed by atoms with E-state index >= 15 is 0 Å². The van der Waals surface area contributed by atoms with Crippen LogP contribution in [0.3, 0.4) is 0 Å². The zero-order valence-electron chi connectivity index (χ0n) is 18.8. The normalized spacial score (nSPS) is 11.1. The topological polar surface area (TPSA) is 76.0 Å². The van der Waals surface area contributed by atoms with E-state index in [2.05, 4.69) is 17.2 Å². The molecule has 2 N–H and O–H groups in total. The molecule has 1 aromatic heterocycles. The van der Waals surface area contributed by atoms with Crippen LogP contribution in [-0.2, 0) is 4.79 Å². The van der Waals surface area contributed by atoms with E-state index in [9.17, 15) is 9.59 Å². The Morgan fingerprint density at radius 1 is 0.943 bits per heavy atom. The molecule has 4 rings (SSSR count). The number of hydrogen-bond donors (Lipinski definition) is 2. The van der Waals surface area contributed by atoms with E-state index < -0.39 is 11.8 Å². The second-order valence-corrected chi connectivity index (χ2v) is 8.03. The van der Waals surface area contributed by atoms with Crippen molar-refractivity contribution in [3.63, 3.8) is 0 Å². The van der Waals surface area contributed by atoms with E-state index in [-0.39, 0.29) is 12.2 Å². The third kappa shape index (κ3) is 5.93. The molecule has 6 nitrogen and oxygen atoms in total. The van der Waals surface area contributed by atoms with Crippen LogP contribution in [0.25, 0.3) is 23.0 Å². The summed E-state index contributed by atoms with van der Waals surface area (Å²) in [5, 5.41) is 10.8. The first-order valence-corrected chi connectivity index (χ1v) is 11.3. The summed E-state index contributed by atoms with van der Waals surface area (Å²) in [5.74, 6) is -0.835. The van der Waals surface area contributed by atoms with Gasteiger partial charge in [0.05, 0.1) is 5.69 Å². The summed E-state index contributed by atoms with van der Waals surface area (Å²) in [5.41, 5.74) is 3.47. The first-order valence-electron chi connectivity index (χ1n) is 10.9. The minimum Gasteiger partial charge on any atom is -0.347 e. The minimum atomic E-state index is -0.441. The Kier molecular flexibility index (Phi) is 7.55. The number of nitrogens with one attached hydrogen (secondary N) is 2. The Bertz CT molecular complexity index is 1360. The molecule has 0 aliphatic rings. The van der Waals surface area contributed by atoms with Gasteiger partial charge in [-0.15, -0.1) is 6.58 Å². The summed E-state index contributed by atoms with van der Waals surface area (Å²) in [7, 11) is 0. The number of carbonyl (C=O) groups excluding carboxylic acids is 2. The zero-order valence-corrected chi connectivity index (χ0v) is 19.6. The molecule has 4 aromatic rings. The molecule has 0 spiro atoms. The SMILES string of the molecule is C=CCNC(=O)/C(=C\c1cn(-c2ccccc2)nc1-c1ccc(Cl)cc1)NC(=O)c1ccccc1. The van der Waals surface area contributed by atoms with Gasteiger partial charge in [-0.25, -0.2) is 4.68 Å². The number of amides is 2. The van der Waals surface area contributed by atoms with E-state index in [4.69, 9.17) is 16.7 Å². The van der Waals surface area contributed by atoms with Crippen LogP contribution in [0.1, 0.15) is 15.9 Å². The van der Waals surface area contributed by atoms with Gasteiger partial charge in [-0.05, 0) is 42.5 Å². The van der Waals surface area contributed by atoms with Crippen molar-refractivity contribution in [2.24, 2.45) is 0 Å². The number of rotatable bonds is 8. The van der Waals surface area contributed by atoms with Crippen LogP contribution in [0.15, 0.2) is 109 Å². The molecule has 35 heavy (non-hydrogen) atoms. The Labute approximate surface area is 208 Å². The molecule has 0 atom stereocenters. The standard InChI is InChI=1S/C28H23ClN4O2/c1-2-17-30-28(35)25(31-27(34)21-9-5-3-6-10-21)18-22-19-33(24-11-7-4-8-12-24)32-26(22)20-13-15-23(29)16-14-20/h2-16,18-19H,1,17H2,(H,30,35)(H,31,34)/b25-18+. The maximum Gasteiger partial charge on any atom is 0.268 e. The van der Waals surface area contributed by atoms with Gasteiger partial charge < -0.3 is 10.6 Å². The van der Waals surface area contributed by atoms with Crippen molar-refractivity contribution in [2.45, 2.75) is 0 Å². The number of benzene rings is 3. The third-order valence-corrected chi connectivity index (χ3v) is 5.37. The van der Waals surface area contributed by atoms with Crippen molar-refractivity contribution in [3.8, 4) is 16.9 Å². The van der Waals surface area contributed by atoms with E-state index in [1.165, 1.54) is 0 Å². The van der Waals surface area contributed by atoms with Crippen molar-refractivity contribution >= 4 is 29.5 Å². The lowest BCUT2D eigenvalue weighted by molar-refractivity contribution is -0.117. The van der Waals surface area contributed by atoms with Gasteiger partial charge in [0.15, 0.2) is 0 Å². The molecule has 1 heterocycles. The summed E-state index contributed by atoms with van der Waals surface area (Å²) in [6.07, 6.45) is 5.01. The average molecular weight is 483 g/mol. The molecular formula is C28H23ClN4O2. The molecular weight excluding hydrogens is 460 g/mol. The lowest BCUT2D eigenvalue weighted by Crippen LogP contribution is -2.34. The summed E-state index contributed by atoms with van der Waals surface area (Å²) in [6, 6.07) is 25.6. The van der Waals surface area contributed by atoms with Crippen LogP contribution < -0.4 is 10.6 Å². The lowest BCUT2D eigenvalue weighted by Gasteiger charge is -2.10. The molecule has 2 amide bonds. The lowest BCUT2D eigenvalue weighted by atomic mass is 10.1. The Balaban J connectivity index is 1.79. The second kappa shape index (κ2) is 11.1. The van der Waals surface area contributed by atoms with Gasteiger partial charge in [-0.3, -0.25) is 9.59 Å². The quantitative estimate of drug-likeness (QED) is 0.265. The highest BCUT2D eigenvalue weighted by molar-refractivity contribution is 6.30. The molecule has 3 aromatic carbocycles. The number of nitrogens with zero attached hydrogens (tertiary/aromatic N) is 2. The fourth-order valence-electron chi connectivity index (χ4n) is 3.40. The van der Waals surface area contributed by atoms with E-state index in [0.29, 0.717) is 21.8 Å². The highest BCUT2D eigenvalue weighted by Crippen LogP contribution is 2.27. The molecule has 0 aliphatic carbocycles. The summed E-state index contributed by atoms with van der Waals surface area (Å²) in [4.78, 5) is 25.8. The molecule has 0 radical (unpaired) electrons. The third-order valence-electron chi connectivity index (χ3n) is 5.12. The van der Waals surface area contributed by atoms with Gasteiger partial charge in [-0.1, -0.05) is 66.2 Å². The van der Waals surface area contributed by atoms with Crippen molar-refractivity contribution in [2.75, 3.05) is 6.54 Å². The van der Waals surface area contributed by atoms with Crippen molar-refractivity contribution in [1.29, 1.82) is 0 Å². The van der Waals surface area contributed by atoms with Gasteiger partial charge in [-0.2, -0.15) is 5.10 Å². The Morgan fingerprint density at radius 2 is 1.60 bits per heavy atom. The number of aromatic nitrogens is 2.